The molecule has 0 rings (SSSR count). The molecule has 0 unspecified atom stereocenters. The first kappa shape index (κ1) is 23.7. The Bertz CT molecular complexity index is 254. The molecule has 0 aliphatic heterocycles. The molecule has 0 bridgehead atoms. The topological polar surface area (TPSA) is 40.5 Å². The van der Waals surface area contributed by atoms with Crippen LogP contribution in [0.5, 0.6) is 0 Å². The van der Waals surface area contributed by atoms with E-state index in [1.165, 1.54) is 24.0 Å². The Morgan fingerprint density at radius 3 is 1.23 bits per heavy atom. The zero-order chi connectivity index (χ0) is 17.4. The van der Waals surface area contributed by atoms with Crippen LogP contribution in [0.2, 0.25) is 0 Å². The predicted molar refractivity (Wildman–Crippen MR) is 99.1 cm³/mol. The monoisotopic (exact) mass is 312 g/mol. The standard InChI is InChI=1S/2C10H20O/c2*1-9(2)5-4-6-10(3)7-8-11/h2*5,10-11H,4,6-8H2,1-3H3/t2*10-/m00/s1. The lowest BCUT2D eigenvalue weighted by atomic mass is 10.0. The molecule has 0 aromatic rings. The van der Waals surface area contributed by atoms with Crippen molar-refractivity contribution >= 4 is 0 Å². The van der Waals surface area contributed by atoms with Gasteiger partial charge in [0.25, 0.3) is 0 Å². The highest BCUT2D eigenvalue weighted by Gasteiger charge is 1.99. The summed E-state index contributed by atoms with van der Waals surface area (Å²) in [4.78, 5) is 0. The van der Waals surface area contributed by atoms with E-state index in [0.29, 0.717) is 25.0 Å². The third-order valence-corrected chi connectivity index (χ3v) is 3.67. The first-order chi connectivity index (χ1) is 10.3. The van der Waals surface area contributed by atoms with Crippen molar-refractivity contribution < 1.29 is 10.2 Å². The third kappa shape index (κ3) is 21.7. The average molecular weight is 313 g/mol. The average Bonchev–Trinajstić information content (AvgIpc) is 2.39. The Morgan fingerprint density at radius 2 is 1.00 bits per heavy atom. The highest BCUT2D eigenvalue weighted by atomic mass is 16.3. The summed E-state index contributed by atoms with van der Waals surface area (Å²) in [6.45, 7) is 13.5. The molecule has 2 nitrogen and oxygen atoms in total. The van der Waals surface area contributed by atoms with Crippen molar-refractivity contribution in [3.8, 4) is 0 Å². The van der Waals surface area contributed by atoms with Gasteiger partial charge in [-0.3, -0.25) is 0 Å². The molecule has 2 heteroatoms. The van der Waals surface area contributed by atoms with Gasteiger partial charge < -0.3 is 10.2 Å². The maximum atomic E-state index is 8.63. The lowest BCUT2D eigenvalue weighted by Crippen LogP contribution is -1.96. The molecule has 132 valence electrons. The molecule has 0 spiro atoms. The van der Waals surface area contributed by atoms with Crippen LogP contribution in [0, 0.1) is 11.8 Å². The molecule has 0 fully saturated rings. The van der Waals surface area contributed by atoms with E-state index in [2.05, 4.69) is 53.7 Å². The molecule has 22 heavy (non-hydrogen) atoms. The van der Waals surface area contributed by atoms with E-state index in [9.17, 15) is 0 Å². The predicted octanol–water partition coefficient (Wildman–Crippen LogP) is 5.50. The van der Waals surface area contributed by atoms with Crippen molar-refractivity contribution in [3.63, 3.8) is 0 Å². The van der Waals surface area contributed by atoms with Crippen molar-refractivity contribution in [2.24, 2.45) is 11.8 Å². The van der Waals surface area contributed by atoms with E-state index >= 15 is 0 Å². The molecule has 0 radical (unpaired) electrons. The minimum absolute atomic E-state index is 0.329. The van der Waals surface area contributed by atoms with Crippen LogP contribution in [0.15, 0.2) is 23.3 Å². The van der Waals surface area contributed by atoms with Crippen LogP contribution < -0.4 is 0 Å². The fourth-order valence-corrected chi connectivity index (χ4v) is 2.04. The molecule has 0 aliphatic carbocycles. The SMILES string of the molecule is CC(C)=CCC[C@H](C)CCO.CC(C)=CCC[C@H](C)CCO. The quantitative estimate of drug-likeness (QED) is 0.523. The van der Waals surface area contributed by atoms with Gasteiger partial charge in [0.05, 0.1) is 0 Å². The van der Waals surface area contributed by atoms with Gasteiger partial charge in [0.2, 0.25) is 0 Å². The van der Waals surface area contributed by atoms with Crippen molar-refractivity contribution in [2.75, 3.05) is 13.2 Å². The third-order valence-electron chi connectivity index (χ3n) is 3.67. The van der Waals surface area contributed by atoms with E-state index in [1.807, 2.05) is 0 Å². The molecule has 0 aliphatic rings. The van der Waals surface area contributed by atoms with Crippen LogP contribution in [0.1, 0.15) is 80.1 Å². The summed E-state index contributed by atoms with van der Waals surface area (Å²) in [6, 6.07) is 0. The molecule has 0 amide bonds. The van der Waals surface area contributed by atoms with Gasteiger partial charge in [0.1, 0.15) is 0 Å². The van der Waals surface area contributed by atoms with Crippen LogP contribution in [0.4, 0.5) is 0 Å². The summed E-state index contributed by atoms with van der Waals surface area (Å²) in [5, 5.41) is 17.3. The molecular weight excluding hydrogens is 272 g/mol. The number of allylic oxidation sites excluding steroid dienone is 4. The molecule has 2 atom stereocenters. The number of hydrogen-bond acceptors (Lipinski definition) is 2. The molecule has 0 aromatic carbocycles. The Labute approximate surface area is 139 Å². The molecular formula is C20H40O2. The fourth-order valence-electron chi connectivity index (χ4n) is 2.04. The zero-order valence-corrected chi connectivity index (χ0v) is 15.9. The first-order valence-electron chi connectivity index (χ1n) is 8.81. The summed E-state index contributed by atoms with van der Waals surface area (Å²) in [5.41, 5.74) is 2.78. The minimum atomic E-state index is 0.329. The fraction of sp³-hybridized carbons (Fsp3) is 0.800. The van der Waals surface area contributed by atoms with Crippen molar-refractivity contribution in [1.29, 1.82) is 0 Å². The van der Waals surface area contributed by atoms with E-state index in [1.54, 1.807) is 0 Å². The second-order valence-corrected chi connectivity index (χ2v) is 6.95. The molecule has 2 N–H and O–H groups in total. The summed E-state index contributed by atoms with van der Waals surface area (Å²) < 4.78 is 0. The number of aliphatic hydroxyl groups excluding tert-OH is 2. The Balaban J connectivity index is 0. The Morgan fingerprint density at radius 1 is 0.682 bits per heavy atom. The highest BCUT2D eigenvalue weighted by molar-refractivity contribution is 4.93. The normalized spacial score (nSPS) is 12.7. The number of aliphatic hydroxyl groups is 2. The van der Waals surface area contributed by atoms with Gasteiger partial charge in [0, 0.05) is 13.2 Å². The second-order valence-electron chi connectivity index (χ2n) is 6.95. The zero-order valence-electron chi connectivity index (χ0n) is 15.9. The van der Waals surface area contributed by atoms with E-state index < -0.39 is 0 Å². The molecule has 0 saturated heterocycles. The largest absolute Gasteiger partial charge is 0.396 e. The minimum Gasteiger partial charge on any atom is -0.396 e. The van der Waals surface area contributed by atoms with E-state index in [-0.39, 0.29) is 0 Å². The van der Waals surface area contributed by atoms with Gasteiger partial charge in [-0.25, -0.2) is 0 Å². The van der Waals surface area contributed by atoms with E-state index in [0.717, 1.165) is 25.7 Å². The van der Waals surface area contributed by atoms with Crippen LogP contribution in [0.3, 0.4) is 0 Å². The van der Waals surface area contributed by atoms with Gasteiger partial charge in [-0.2, -0.15) is 0 Å². The maximum absolute atomic E-state index is 8.63. The van der Waals surface area contributed by atoms with Crippen LogP contribution in [0.25, 0.3) is 0 Å². The van der Waals surface area contributed by atoms with Crippen LogP contribution >= 0.6 is 0 Å². The summed E-state index contributed by atoms with van der Waals surface area (Å²) in [7, 11) is 0. The summed E-state index contributed by atoms with van der Waals surface area (Å²) in [5.74, 6) is 1.33. The smallest absolute Gasteiger partial charge is 0.0433 e. The van der Waals surface area contributed by atoms with Crippen molar-refractivity contribution in [1.82, 2.24) is 0 Å². The Kier molecular flexibility index (Phi) is 18.0. The molecule has 0 saturated carbocycles. The maximum Gasteiger partial charge on any atom is 0.0433 e. The van der Waals surface area contributed by atoms with Crippen molar-refractivity contribution in [2.45, 2.75) is 80.1 Å². The molecule has 0 heterocycles. The summed E-state index contributed by atoms with van der Waals surface area (Å²) >= 11 is 0. The van der Waals surface area contributed by atoms with Crippen LogP contribution in [-0.2, 0) is 0 Å². The van der Waals surface area contributed by atoms with Crippen LogP contribution in [-0.4, -0.2) is 23.4 Å². The van der Waals surface area contributed by atoms with E-state index in [4.69, 9.17) is 10.2 Å². The lowest BCUT2D eigenvalue weighted by molar-refractivity contribution is 0.258. The van der Waals surface area contributed by atoms with Crippen molar-refractivity contribution in [3.05, 3.63) is 23.3 Å². The van der Waals surface area contributed by atoms with Gasteiger partial charge in [0.15, 0.2) is 0 Å². The second kappa shape index (κ2) is 16.8. The number of rotatable bonds is 10. The summed E-state index contributed by atoms with van der Waals surface area (Å²) in [6.07, 6.45) is 11.1. The molecule has 0 aromatic heterocycles. The van der Waals surface area contributed by atoms with Gasteiger partial charge >= 0.3 is 0 Å². The Hall–Kier alpha value is -0.600. The first-order valence-corrected chi connectivity index (χ1v) is 8.81. The number of hydrogen-bond donors (Lipinski definition) is 2. The lowest BCUT2D eigenvalue weighted by Gasteiger charge is -2.06. The van der Waals surface area contributed by atoms with Gasteiger partial charge in [-0.1, -0.05) is 37.1 Å². The van der Waals surface area contributed by atoms with Gasteiger partial charge in [-0.15, -0.1) is 0 Å². The highest BCUT2D eigenvalue weighted by Crippen LogP contribution is 2.11. The van der Waals surface area contributed by atoms with Gasteiger partial charge in [-0.05, 0) is 78.1 Å².